The first-order chi connectivity index (χ1) is 9.94. The molecule has 3 saturated carbocycles. The summed E-state index contributed by atoms with van der Waals surface area (Å²) in [6.07, 6.45) is 6.78. The van der Waals surface area contributed by atoms with E-state index in [4.69, 9.17) is 0 Å². The predicted octanol–water partition coefficient (Wildman–Crippen LogP) is 4.39. The highest BCUT2D eigenvalue weighted by Gasteiger charge is 2.65. The highest BCUT2D eigenvalue weighted by molar-refractivity contribution is 5.14. The van der Waals surface area contributed by atoms with Crippen molar-refractivity contribution >= 4 is 0 Å². The lowest BCUT2D eigenvalue weighted by molar-refractivity contribution is -0.178. The van der Waals surface area contributed by atoms with Crippen molar-refractivity contribution in [1.82, 2.24) is 0 Å². The lowest BCUT2D eigenvalue weighted by atomic mass is 9.42. The molecule has 0 radical (unpaired) electrons. The summed E-state index contributed by atoms with van der Waals surface area (Å²) in [6.45, 7) is 13.5. The Morgan fingerprint density at radius 1 is 0.818 bits per heavy atom. The van der Waals surface area contributed by atoms with E-state index >= 15 is 0 Å². The van der Waals surface area contributed by atoms with Crippen LogP contribution in [0.15, 0.2) is 0 Å². The quantitative estimate of drug-likeness (QED) is 0.754. The normalized spacial score (nSPS) is 51.3. The van der Waals surface area contributed by atoms with E-state index in [1.807, 2.05) is 13.8 Å². The maximum absolute atomic E-state index is 10.7. The molecule has 0 aromatic rings. The summed E-state index contributed by atoms with van der Waals surface area (Å²) in [5.41, 5.74) is 0.0507. The van der Waals surface area contributed by atoms with Gasteiger partial charge < -0.3 is 10.2 Å². The SMILES string of the molecule is CC(C)(O)[C@@H]1CC[C@@H]2[C@]1(C)CC[C@H]1C(C)(C)[C@@H](O)CC[C@]21C. The molecule has 128 valence electrons. The molecule has 3 rings (SSSR count). The largest absolute Gasteiger partial charge is 0.393 e. The maximum atomic E-state index is 10.7. The zero-order valence-corrected chi connectivity index (χ0v) is 15.4. The molecule has 2 heteroatoms. The van der Waals surface area contributed by atoms with Crippen molar-refractivity contribution in [2.24, 2.45) is 34.0 Å². The molecule has 3 aliphatic carbocycles. The van der Waals surface area contributed by atoms with Crippen molar-refractivity contribution in [3.8, 4) is 0 Å². The van der Waals surface area contributed by atoms with Crippen molar-refractivity contribution in [3.05, 3.63) is 0 Å². The Hall–Kier alpha value is -0.0800. The van der Waals surface area contributed by atoms with Gasteiger partial charge in [0.2, 0.25) is 0 Å². The smallest absolute Gasteiger partial charge is 0.0625 e. The molecule has 0 aliphatic heterocycles. The first-order valence-electron chi connectivity index (χ1n) is 9.34. The average Bonchev–Trinajstić information content (AvgIpc) is 2.73. The fourth-order valence-corrected chi connectivity index (χ4v) is 7.48. The lowest BCUT2D eigenvalue weighted by Gasteiger charge is -2.63. The van der Waals surface area contributed by atoms with Crippen molar-refractivity contribution in [2.45, 2.75) is 91.8 Å². The van der Waals surface area contributed by atoms with Crippen LogP contribution in [0.2, 0.25) is 0 Å². The number of fused-ring (bicyclic) bond motifs is 3. The highest BCUT2D eigenvalue weighted by atomic mass is 16.3. The molecule has 2 nitrogen and oxygen atoms in total. The summed E-state index contributed by atoms with van der Waals surface area (Å²) < 4.78 is 0. The van der Waals surface area contributed by atoms with E-state index in [9.17, 15) is 10.2 Å². The van der Waals surface area contributed by atoms with Gasteiger partial charge in [-0.05, 0) is 86.4 Å². The van der Waals surface area contributed by atoms with E-state index < -0.39 is 5.60 Å². The molecule has 0 aromatic carbocycles. The maximum Gasteiger partial charge on any atom is 0.0625 e. The Morgan fingerprint density at radius 2 is 1.41 bits per heavy atom. The zero-order valence-electron chi connectivity index (χ0n) is 15.4. The van der Waals surface area contributed by atoms with Gasteiger partial charge in [0, 0.05) is 0 Å². The minimum atomic E-state index is -0.573. The number of rotatable bonds is 1. The van der Waals surface area contributed by atoms with Crippen LogP contribution in [0.5, 0.6) is 0 Å². The third-order valence-electron chi connectivity index (χ3n) is 8.47. The Bertz CT molecular complexity index is 449. The van der Waals surface area contributed by atoms with Crippen LogP contribution in [-0.2, 0) is 0 Å². The summed E-state index contributed by atoms with van der Waals surface area (Å²) >= 11 is 0. The van der Waals surface area contributed by atoms with Crippen molar-refractivity contribution in [2.75, 3.05) is 0 Å². The van der Waals surface area contributed by atoms with Crippen LogP contribution in [0, 0.1) is 34.0 Å². The molecule has 2 N–H and O–H groups in total. The van der Waals surface area contributed by atoms with Crippen molar-refractivity contribution in [1.29, 1.82) is 0 Å². The zero-order chi connectivity index (χ0) is 16.6. The molecule has 3 aliphatic rings. The fourth-order valence-electron chi connectivity index (χ4n) is 7.48. The van der Waals surface area contributed by atoms with Crippen LogP contribution in [0.3, 0.4) is 0 Å². The van der Waals surface area contributed by atoms with Gasteiger partial charge in [0.15, 0.2) is 0 Å². The van der Waals surface area contributed by atoms with E-state index in [0.717, 1.165) is 19.3 Å². The van der Waals surface area contributed by atoms with E-state index in [1.165, 1.54) is 19.3 Å². The third-order valence-corrected chi connectivity index (χ3v) is 8.47. The van der Waals surface area contributed by atoms with Crippen molar-refractivity contribution in [3.63, 3.8) is 0 Å². The molecule has 0 bridgehead atoms. The first kappa shape index (κ1) is 16.8. The van der Waals surface area contributed by atoms with E-state index in [0.29, 0.717) is 23.2 Å². The second-order valence-electron chi connectivity index (χ2n) is 10.3. The standard InChI is InChI=1S/C20H36O2/c1-17(2)13-9-11-20(6)14(18(3,4)22)7-8-15(20)19(13,5)12-10-16(17)21/h13-16,21-22H,7-12H2,1-6H3/t13-,14-,15-,16-,19-,20+/m0/s1. The topological polar surface area (TPSA) is 40.5 Å². The van der Waals surface area contributed by atoms with Gasteiger partial charge in [0.25, 0.3) is 0 Å². The molecule has 0 heterocycles. The van der Waals surface area contributed by atoms with E-state index in [2.05, 4.69) is 27.7 Å². The Morgan fingerprint density at radius 3 is 2.00 bits per heavy atom. The summed E-state index contributed by atoms with van der Waals surface area (Å²) in [5, 5.41) is 21.2. The van der Waals surface area contributed by atoms with Gasteiger partial charge in [-0.25, -0.2) is 0 Å². The third kappa shape index (κ3) is 2.05. The van der Waals surface area contributed by atoms with Crippen LogP contribution < -0.4 is 0 Å². The number of aliphatic hydroxyl groups is 2. The molecule has 22 heavy (non-hydrogen) atoms. The second kappa shape index (κ2) is 4.72. The van der Waals surface area contributed by atoms with Crippen LogP contribution in [0.1, 0.15) is 80.1 Å². The lowest BCUT2D eigenvalue weighted by Crippen LogP contribution is -2.59. The molecule has 0 unspecified atom stereocenters. The second-order valence-corrected chi connectivity index (χ2v) is 10.3. The summed E-state index contributed by atoms with van der Waals surface area (Å²) in [7, 11) is 0. The van der Waals surface area contributed by atoms with Gasteiger partial charge in [-0.3, -0.25) is 0 Å². The predicted molar refractivity (Wildman–Crippen MR) is 90.5 cm³/mol. The van der Waals surface area contributed by atoms with Crippen molar-refractivity contribution < 1.29 is 10.2 Å². The molecule has 3 fully saturated rings. The molecule has 0 aromatic heterocycles. The minimum absolute atomic E-state index is 0.0289. The average molecular weight is 309 g/mol. The number of hydrogen-bond donors (Lipinski definition) is 2. The Labute approximate surface area is 136 Å². The monoisotopic (exact) mass is 308 g/mol. The summed E-state index contributed by atoms with van der Waals surface area (Å²) in [6, 6.07) is 0. The Kier molecular flexibility index (Phi) is 3.60. The molecule has 0 amide bonds. The fraction of sp³-hybridized carbons (Fsp3) is 1.00. The van der Waals surface area contributed by atoms with Gasteiger partial charge in [-0.2, -0.15) is 0 Å². The first-order valence-corrected chi connectivity index (χ1v) is 9.34. The minimum Gasteiger partial charge on any atom is -0.393 e. The van der Waals surface area contributed by atoms with Crippen LogP contribution in [0.4, 0.5) is 0 Å². The van der Waals surface area contributed by atoms with Gasteiger partial charge in [0.05, 0.1) is 11.7 Å². The number of hydrogen-bond acceptors (Lipinski definition) is 2. The van der Waals surface area contributed by atoms with Crippen LogP contribution in [-0.4, -0.2) is 21.9 Å². The highest BCUT2D eigenvalue weighted by Crippen LogP contribution is 2.70. The van der Waals surface area contributed by atoms with E-state index in [1.54, 1.807) is 0 Å². The van der Waals surface area contributed by atoms with Gasteiger partial charge in [0.1, 0.15) is 0 Å². The van der Waals surface area contributed by atoms with Gasteiger partial charge in [-0.1, -0.05) is 27.7 Å². The summed E-state index contributed by atoms with van der Waals surface area (Å²) in [4.78, 5) is 0. The van der Waals surface area contributed by atoms with Crippen LogP contribution >= 0.6 is 0 Å². The summed E-state index contributed by atoms with van der Waals surface area (Å²) in [5.74, 6) is 1.72. The molecule has 0 saturated heterocycles. The van der Waals surface area contributed by atoms with E-state index in [-0.39, 0.29) is 16.9 Å². The molecule has 0 spiro atoms. The Balaban J connectivity index is 1.98. The van der Waals surface area contributed by atoms with Gasteiger partial charge in [-0.15, -0.1) is 0 Å². The molecule has 6 atom stereocenters. The van der Waals surface area contributed by atoms with Gasteiger partial charge >= 0.3 is 0 Å². The molecular formula is C20H36O2. The van der Waals surface area contributed by atoms with Crippen LogP contribution in [0.25, 0.3) is 0 Å². The molecular weight excluding hydrogens is 272 g/mol. The number of aliphatic hydroxyl groups excluding tert-OH is 1.